The molecule has 0 aliphatic carbocycles. The number of Topliss-reactive ketones (excluding diaryl/α,β-unsaturated/α-hetero) is 1. The number of nitrogens with zero attached hydrogens (tertiary/aromatic N) is 2. The predicted octanol–water partition coefficient (Wildman–Crippen LogP) is 1.88. The Balaban J connectivity index is 2.80. The van der Waals surface area contributed by atoms with Crippen LogP contribution in [0.15, 0.2) is 30.5 Å². The molecule has 0 unspecified atom stereocenters. The summed E-state index contributed by atoms with van der Waals surface area (Å²) < 4.78 is 1.85. The number of para-hydroxylation sites is 1. The van der Waals surface area contributed by atoms with Crippen LogP contribution in [0.4, 0.5) is 0 Å². The first-order chi connectivity index (χ1) is 6.74. The number of fused-ring (bicyclic) bond motifs is 1. The van der Waals surface area contributed by atoms with Crippen molar-refractivity contribution in [3.63, 3.8) is 0 Å². The van der Waals surface area contributed by atoms with Crippen molar-refractivity contribution in [1.82, 2.24) is 4.57 Å². The number of rotatable bonds is 1. The molecule has 2 rings (SSSR count). The summed E-state index contributed by atoms with van der Waals surface area (Å²) in [5, 5.41) is 9.38. The van der Waals surface area contributed by atoms with Gasteiger partial charge in [0.1, 0.15) is 6.07 Å². The van der Waals surface area contributed by atoms with Gasteiger partial charge in [0.2, 0.25) is 0 Å². The van der Waals surface area contributed by atoms with E-state index in [4.69, 9.17) is 5.26 Å². The summed E-state index contributed by atoms with van der Waals surface area (Å²) in [6.07, 6.45) is 1.69. The summed E-state index contributed by atoms with van der Waals surface area (Å²) in [6, 6.07) is 9.17. The highest BCUT2D eigenvalue weighted by Gasteiger charge is 2.11. The normalized spacial score (nSPS) is 10.0. The number of ketones is 1. The van der Waals surface area contributed by atoms with E-state index < -0.39 is 5.78 Å². The summed E-state index contributed by atoms with van der Waals surface area (Å²) in [5.74, 6) is -0.484. The average molecular weight is 184 g/mol. The van der Waals surface area contributed by atoms with E-state index in [0.29, 0.717) is 5.56 Å². The van der Waals surface area contributed by atoms with Crippen molar-refractivity contribution in [1.29, 1.82) is 5.26 Å². The molecule has 68 valence electrons. The molecule has 1 aromatic heterocycles. The van der Waals surface area contributed by atoms with Gasteiger partial charge < -0.3 is 4.57 Å². The Hall–Kier alpha value is -2.08. The van der Waals surface area contributed by atoms with Gasteiger partial charge in [0.15, 0.2) is 0 Å². The predicted molar refractivity (Wildman–Crippen MR) is 52.9 cm³/mol. The van der Waals surface area contributed by atoms with Crippen molar-refractivity contribution in [2.75, 3.05) is 0 Å². The minimum absolute atomic E-state index is 0.477. The first-order valence-electron chi connectivity index (χ1n) is 4.22. The molecule has 0 amide bonds. The topological polar surface area (TPSA) is 45.8 Å². The molecule has 0 radical (unpaired) electrons. The van der Waals surface area contributed by atoms with Gasteiger partial charge in [0.25, 0.3) is 5.78 Å². The average Bonchev–Trinajstić information content (AvgIpc) is 2.56. The van der Waals surface area contributed by atoms with Crippen molar-refractivity contribution in [2.24, 2.45) is 7.05 Å². The number of aromatic nitrogens is 1. The van der Waals surface area contributed by atoms with Gasteiger partial charge >= 0.3 is 0 Å². The van der Waals surface area contributed by atoms with Crippen LogP contribution < -0.4 is 0 Å². The summed E-state index contributed by atoms with van der Waals surface area (Å²) in [4.78, 5) is 11.3. The number of carbonyl (C=O) groups excluding carboxylic acids is 1. The summed E-state index contributed by atoms with van der Waals surface area (Å²) in [5.41, 5.74) is 1.44. The molecule has 0 N–H and O–H groups in total. The van der Waals surface area contributed by atoms with Crippen molar-refractivity contribution in [3.8, 4) is 6.07 Å². The van der Waals surface area contributed by atoms with Crippen LogP contribution in [0.2, 0.25) is 0 Å². The van der Waals surface area contributed by atoms with Crippen LogP contribution in [-0.2, 0) is 7.05 Å². The summed E-state index contributed by atoms with van der Waals surface area (Å²) in [7, 11) is 1.86. The molecule has 0 spiro atoms. The lowest BCUT2D eigenvalue weighted by atomic mass is 10.1. The second-order valence-electron chi connectivity index (χ2n) is 3.11. The van der Waals surface area contributed by atoms with Crippen LogP contribution >= 0.6 is 0 Å². The van der Waals surface area contributed by atoms with Crippen molar-refractivity contribution >= 4 is 16.7 Å². The van der Waals surface area contributed by atoms with E-state index in [1.807, 2.05) is 35.9 Å². The highest BCUT2D eigenvalue weighted by molar-refractivity contribution is 6.15. The Kier molecular flexibility index (Phi) is 1.83. The third-order valence-corrected chi connectivity index (χ3v) is 2.24. The maximum atomic E-state index is 11.3. The standard InChI is InChI=1S/C11H8N2O/c1-13-7-9(11(14)6-12)8-4-2-3-5-10(8)13/h2-5,7H,1H3. The molecule has 14 heavy (non-hydrogen) atoms. The Morgan fingerprint density at radius 1 is 1.43 bits per heavy atom. The molecule has 0 fully saturated rings. The van der Waals surface area contributed by atoms with E-state index in [1.165, 1.54) is 0 Å². The number of hydrogen-bond acceptors (Lipinski definition) is 2. The van der Waals surface area contributed by atoms with Gasteiger partial charge in [-0.1, -0.05) is 18.2 Å². The van der Waals surface area contributed by atoms with Crippen LogP contribution in [0, 0.1) is 11.3 Å². The number of nitriles is 1. The van der Waals surface area contributed by atoms with Gasteiger partial charge in [-0.05, 0) is 6.07 Å². The summed E-state index contributed by atoms with van der Waals surface area (Å²) >= 11 is 0. The SMILES string of the molecule is Cn1cc(C(=O)C#N)c2ccccc21. The molecule has 1 aromatic carbocycles. The number of aryl methyl sites for hydroxylation is 1. The van der Waals surface area contributed by atoms with Crippen LogP contribution in [0.5, 0.6) is 0 Å². The zero-order valence-corrected chi connectivity index (χ0v) is 7.69. The van der Waals surface area contributed by atoms with Crippen molar-refractivity contribution in [3.05, 3.63) is 36.0 Å². The fraction of sp³-hybridized carbons (Fsp3) is 0.0909. The lowest BCUT2D eigenvalue weighted by Crippen LogP contribution is -1.92. The third kappa shape index (κ3) is 1.09. The molecular formula is C11H8N2O. The molecule has 1 heterocycles. The summed E-state index contributed by atoms with van der Waals surface area (Å²) in [6.45, 7) is 0. The quantitative estimate of drug-likeness (QED) is 0.501. The zero-order valence-electron chi connectivity index (χ0n) is 7.69. The molecule has 3 heteroatoms. The maximum Gasteiger partial charge on any atom is 0.264 e. The first kappa shape index (κ1) is 8.52. The van der Waals surface area contributed by atoms with Gasteiger partial charge in [-0.25, -0.2) is 0 Å². The highest BCUT2D eigenvalue weighted by Crippen LogP contribution is 2.20. The molecule has 0 saturated heterocycles. The lowest BCUT2D eigenvalue weighted by Gasteiger charge is -1.92. The first-order valence-corrected chi connectivity index (χ1v) is 4.22. The molecule has 0 atom stereocenters. The molecule has 0 saturated carbocycles. The van der Waals surface area contributed by atoms with E-state index in [-0.39, 0.29) is 0 Å². The van der Waals surface area contributed by atoms with E-state index >= 15 is 0 Å². The maximum absolute atomic E-state index is 11.3. The highest BCUT2D eigenvalue weighted by atomic mass is 16.1. The van der Waals surface area contributed by atoms with Crippen LogP contribution in [0.25, 0.3) is 10.9 Å². The van der Waals surface area contributed by atoms with Gasteiger partial charge in [0.05, 0.1) is 5.56 Å². The second kappa shape index (κ2) is 3.00. The Labute approximate surface area is 81.2 Å². The minimum Gasteiger partial charge on any atom is -0.350 e. The fourth-order valence-corrected chi connectivity index (χ4v) is 1.58. The van der Waals surface area contributed by atoms with Gasteiger partial charge in [-0.15, -0.1) is 0 Å². The van der Waals surface area contributed by atoms with Crippen molar-refractivity contribution < 1.29 is 4.79 Å². The molecule has 2 aromatic rings. The zero-order chi connectivity index (χ0) is 10.1. The molecule has 0 aliphatic heterocycles. The smallest absolute Gasteiger partial charge is 0.264 e. The second-order valence-corrected chi connectivity index (χ2v) is 3.11. The number of benzene rings is 1. The molecule has 3 nitrogen and oxygen atoms in total. The van der Waals surface area contributed by atoms with Crippen LogP contribution in [0.3, 0.4) is 0 Å². The van der Waals surface area contributed by atoms with Gasteiger partial charge in [-0.3, -0.25) is 4.79 Å². The number of hydrogen-bond donors (Lipinski definition) is 0. The number of carbonyl (C=O) groups is 1. The van der Waals surface area contributed by atoms with Gasteiger partial charge in [-0.2, -0.15) is 5.26 Å². The molecule has 0 aliphatic rings. The minimum atomic E-state index is -0.484. The van der Waals surface area contributed by atoms with Gasteiger partial charge in [0, 0.05) is 24.1 Å². The molecular weight excluding hydrogens is 176 g/mol. The van der Waals surface area contributed by atoms with E-state index in [0.717, 1.165) is 10.9 Å². The van der Waals surface area contributed by atoms with E-state index in [2.05, 4.69) is 0 Å². The Morgan fingerprint density at radius 3 is 2.86 bits per heavy atom. The lowest BCUT2D eigenvalue weighted by molar-refractivity contribution is 0.105. The van der Waals surface area contributed by atoms with E-state index in [9.17, 15) is 4.79 Å². The Bertz CT molecular complexity index is 546. The molecule has 0 bridgehead atoms. The fourth-order valence-electron chi connectivity index (χ4n) is 1.58. The monoisotopic (exact) mass is 184 g/mol. The van der Waals surface area contributed by atoms with Crippen LogP contribution in [0.1, 0.15) is 10.4 Å². The van der Waals surface area contributed by atoms with Crippen molar-refractivity contribution in [2.45, 2.75) is 0 Å². The largest absolute Gasteiger partial charge is 0.350 e. The van der Waals surface area contributed by atoms with Crippen LogP contribution in [-0.4, -0.2) is 10.4 Å². The third-order valence-electron chi connectivity index (χ3n) is 2.24. The Morgan fingerprint density at radius 2 is 2.14 bits per heavy atom. The van der Waals surface area contributed by atoms with E-state index in [1.54, 1.807) is 12.3 Å².